The summed E-state index contributed by atoms with van der Waals surface area (Å²) in [4.78, 5) is 0. The van der Waals surface area contributed by atoms with E-state index in [4.69, 9.17) is 0 Å². The molecule has 0 fully saturated rings. The van der Waals surface area contributed by atoms with Gasteiger partial charge in [-0.15, -0.1) is 0 Å². The average Bonchev–Trinajstić information content (AvgIpc) is 0. The summed E-state index contributed by atoms with van der Waals surface area (Å²) in [5.41, 5.74) is 0. The molecule has 0 heterocycles. The molecule has 5 heteroatoms. The number of rotatable bonds is 0. The minimum absolute atomic E-state index is 0. The monoisotopic (exact) mass is 198 g/mol. The molecule has 0 aromatic rings. The van der Waals surface area contributed by atoms with E-state index in [0.717, 1.165) is 0 Å². The van der Waals surface area contributed by atoms with Crippen molar-refractivity contribution in [2.75, 3.05) is 0 Å². The van der Waals surface area contributed by atoms with Crippen LogP contribution in [0.25, 0.3) is 0 Å². The third-order valence-corrected chi connectivity index (χ3v) is 0. The summed E-state index contributed by atoms with van der Waals surface area (Å²) in [5, 5.41) is 0. The Labute approximate surface area is 52.0 Å². The number of nitrogens with zero attached hydrogens (tertiary/aromatic N) is 2. The maximum atomic E-state index is 0. The van der Waals surface area contributed by atoms with Gasteiger partial charge in [0.2, 0.25) is 0 Å². The van der Waals surface area contributed by atoms with Crippen LogP contribution in [0.4, 0.5) is 0 Å². The molecule has 34 valence electrons. The molecule has 0 aromatic carbocycles. The number of hydrogen-bond donors (Lipinski definition) is 0. The molecule has 0 aromatic heterocycles. The molecule has 0 bridgehead atoms. The van der Waals surface area contributed by atoms with Crippen LogP contribution >= 0.6 is 19.8 Å². The smallest absolute Gasteiger partial charge is 0 e. The number of hydrogen-bond acceptors (Lipinski definition) is 0. The van der Waals surface area contributed by atoms with E-state index >= 15 is 0 Å². The maximum absolute atomic E-state index is 0. The standard InChI is InChI=1S/2N.2H3P.Ru/h;;2*1H3;. The van der Waals surface area contributed by atoms with Gasteiger partial charge in [-0.25, -0.2) is 0 Å². The predicted octanol–water partition coefficient (Wildman–Crippen LogP) is -0.847. The summed E-state index contributed by atoms with van der Waals surface area (Å²) in [7, 11) is 0. The molecule has 0 N–H and O–H groups in total. The van der Waals surface area contributed by atoms with Crippen molar-refractivity contribution in [2.45, 2.75) is 0 Å². The van der Waals surface area contributed by atoms with Gasteiger partial charge >= 0.3 is 0 Å². The van der Waals surface area contributed by atoms with E-state index in [1.54, 1.807) is 0 Å². The molecule has 6 radical (unpaired) electrons. The zero-order valence-electron chi connectivity index (χ0n) is 2.66. The van der Waals surface area contributed by atoms with Crippen LogP contribution < -0.4 is 12.3 Å². The Bertz CT molecular complexity index is 7.61. The quantitative estimate of drug-likeness (QED) is 0.359. The van der Waals surface area contributed by atoms with Crippen LogP contribution in [-0.2, 0) is 19.5 Å². The Morgan fingerprint density at radius 3 is 0.600 bits per heavy atom. The molecule has 0 aliphatic heterocycles. The molecular formula is H6N2P2Ru. The van der Waals surface area contributed by atoms with Gasteiger partial charge in [-0.3, -0.25) is 0 Å². The first-order valence-electron chi connectivity index (χ1n) is 0. The van der Waals surface area contributed by atoms with Gasteiger partial charge in [0.1, 0.15) is 0 Å². The second kappa shape index (κ2) is 53.2. The molecule has 0 saturated heterocycles. The van der Waals surface area contributed by atoms with Crippen molar-refractivity contribution in [1.29, 1.82) is 0 Å². The van der Waals surface area contributed by atoms with Crippen molar-refractivity contribution in [3.63, 3.8) is 0 Å². The van der Waals surface area contributed by atoms with E-state index in [-0.39, 0.29) is 51.6 Å². The molecule has 0 rings (SSSR count). The molecular weight excluding hydrogens is 191 g/mol. The molecule has 0 saturated carbocycles. The van der Waals surface area contributed by atoms with Crippen molar-refractivity contribution in [1.82, 2.24) is 12.3 Å². The Morgan fingerprint density at radius 1 is 0.600 bits per heavy atom. The van der Waals surface area contributed by atoms with Crippen LogP contribution in [0, 0.1) is 0 Å². The van der Waals surface area contributed by atoms with Crippen LogP contribution in [0.1, 0.15) is 0 Å². The topological polar surface area (TPSA) is 61.0 Å². The summed E-state index contributed by atoms with van der Waals surface area (Å²) in [5.74, 6) is 0. The Balaban J connectivity index is 0. The second-order valence-electron chi connectivity index (χ2n) is 0. The molecule has 5 heavy (non-hydrogen) atoms. The van der Waals surface area contributed by atoms with Gasteiger partial charge in [-0.1, -0.05) is 0 Å². The van der Waals surface area contributed by atoms with Crippen molar-refractivity contribution in [3.05, 3.63) is 0 Å². The fourth-order valence-corrected chi connectivity index (χ4v) is 0. The Morgan fingerprint density at radius 2 is 0.600 bits per heavy atom. The van der Waals surface area contributed by atoms with Crippen LogP contribution in [0.2, 0.25) is 0 Å². The van der Waals surface area contributed by atoms with Gasteiger partial charge in [0.05, 0.1) is 0 Å². The molecule has 2 unspecified atom stereocenters. The van der Waals surface area contributed by atoms with Gasteiger partial charge < -0.3 is 0 Å². The SMILES string of the molecule is P.P.[N].[N].[Ru]. The summed E-state index contributed by atoms with van der Waals surface area (Å²) >= 11 is 0. The van der Waals surface area contributed by atoms with Gasteiger partial charge in [-0.05, 0) is 0 Å². The summed E-state index contributed by atoms with van der Waals surface area (Å²) in [6, 6.07) is 0. The van der Waals surface area contributed by atoms with Crippen LogP contribution in [0.5, 0.6) is 0 Å². The summed E-state index contributed by atoms with van der Waals surface area (Å²) in [6.07, 6.45) is 0. The third-order valence-electron chi connectivity index (χ3n) is 0. The first kappa shape index (κ1) is 94.9. The third kappa shape index (κ3) is 31.8. The zero-order chi connectivity index (χ0) is 0. The minimum Gasteiger partial charge on any atom is -0.153 e. The minimum atomic E-state index is 0. The van der Waals surface area contributed by atoms with E-state index in [1.807, 2.05) is 0 Å². The van der Waals surface area contributed by atoms with Crippen molar-refractivity contribution in [3.8, 4) is 0 Å². The van der Waals surface area contributed by atoms with Crippen LogP contribution in [0.3, 0.4) is 0 Å². The van der Waals surface area contributed by atoms with E-state index in [2.05, 4.69) is 0 Å². The van der Waals surface area contributed by atoms with E-state index < -0.39 is 0 Å². The first-order valence-corrected chi connectivity index (χ1v) is 0. The molecule has 0 aliphatic rings. The normalized spacial score (nSPS) is 0. The largest absolute Gasteiger partial charge is 0.153 e. The van der Waals surface area contributed by atoms with Gasteiger partial charge in [0.25, 0.3) is 0 Å². The summed E-state index contributed by atoms with van der Waals surface area (Å²) in [6.45, 7) is 0. The van der Waals surface area contributed by atoms with Gasteiger partial charge in [0.15, 0.2) is 0 Å². The Kier molecular flexibility index (Phi) is 1010. The zero-order valence-corrected chi connectivity index (χ0v) is 7.23. The fraction of sp³-hybridized carbons (Fsp3) is 0. The van der Waals surface area contributed by atoms with Crippen molar-refractivity contribution < 1.29 is 19.5 Å². The second-order valence-corrected chi connectivity index (χ2v) is 0. The van der Waals surface area contributed by atoms with Gasteiger partial charge in [0, 0.05) is 31.8 Å². The molecule has 0 aliphatic carbocycles. The van der Waals surface area contributed by atoms with Gasteiger partial charge in [-0.2, -0.15) is 19.8 Å². The maximum Gasteiger partial charge on any atom is 0 e. The van der Waals surface area contributed by atoms with Crippen molar-refractivity contribution >= 4 is 19.8 Å². The van der Waals surface area contributed by atoms with E-state index in [9.17, 15) is 0 Å². The molecule has 2 nitrogen and oxygen atoms in total. The van der Waals surface area contributed by atoms with Crippen LogP contribution in [-0.4, -0.2) is 0 Å². The summed E-state index contributed by atoms with van der Waals surface area (Å²) < 4.78 is 0. The molecule has 0 amide bonds. The molecule has 0 spiro atoms. The van der Waals surface area contributed by atoms with Crippen molar-refractivity contribution in [2.24, 2.45) is 0 Å². The van der Waals surface area contributed by atoms with E-state index in [0.29, 0.717) is 0 Å². The van der Waals surface area contributed by atoms with E-state index in [1.165, 1.54) is 0 Å². The average molecular weight is 197 g/mol. The first-order chi connectivity index (χ1) is 0. The molecule has 2 atom stereocenters. The Hall–Kier alpha value is 1.40. The predicted molar refractivity (Wildman–Crippen MR) is 26.5 cm³/mol. The van der Waals surface area contributed by atoms with Crippen LogP contribution in [0.15, 0.2) is 0 Å². The fourth-order valence-electron chi connectivity index (χ4n) is 0.